The van der Waals surface area contributed by atoms with Crippen LogP contribution in [0, 0.1) is 0 Å². The van der Waals surface area contributed by atoms with Gasteiger partial charge in [0.25, 0.3) is 0 Å². The van der Waals surface area contributed by atoms with Crippen molar-refractivity contribution in [1.82, 2.24) is 9.97 Å². The summed E-state index contributed by atoms with van der Waals surface area (Å²) in [6.07, 6.45) is 0. The van der Waals surface area contributed by atoms with Crippen LogP contribution in [0.2, 0.25) is 0 Å². The van der Waals surface area contributed by atoms with Crippen molar-refractivity contribution in [2.75, 3.05) is 9.80 Å². The molecule has 488 valence electrons. The van der Waals surface area contributed by atoms with Crippen molar-refractivity contribution >= 4 is 111 Å². The molecule has 0 unspecified atom stereocenters. The van der Waals surface area contributed by atoms with E-state index in [2.05, 4.69) is 325 Å². The van der Waals surface area contributed by atoms with Crippen LogP contribution in [-0.4, -0.2) is 9.97 Å². The van der Waals surface area contributed by atoms with Gasteiger partial charge in [0.2, 0.25) is 11.8 Å². The molecule has 0 spiro atoms. The Hall–Kier alpha value is -14.1. The zero-order chi connectivity index (χ0) is 68.6. The summed E-state index contributed by atoms with van der Waals surface area (Å²) in [5, 5.41) is 6.40. The Kier molecular flexibility index (Phi) is 14.4. The predicted octanol–water partition coefficient (Wildman–Crippen LogP) is 27.2. The van der Waals surface area contributed by atoms with Crippen LogP contribution in [-0.2, 0) is 0 Å². The number of furan rings is 2. The molecule has 104 heavy (non-hydrogen) atoms. The zero-order valence-corrected chi connectivity index (χ0v) is 56.1. The van der Waals surface area contributed by atoms with E-state index in [1.54, 1.807) is 0 Å². The lowest BCUT2D eigenvalue weighted by atomic mass is 9.97. The SMILES string of the molecule is c1ccc(-c2ccc(N(c3ccc(-c4cccc(-c5cccc(-c6nc7cc8oc9cc(-c%10ccc(N(c%11ccc(-c%12ccccc%12)cc%11)c%11ccc%12ccccc%12c%11)cc%10)ccc9c8cc7o6)c5)c4)cc3)c3ccc(-c4ccc5c(c4)oc4cc6nc(-c7ccccc7)oc6cc45)cc3)cc2)cc1. The van der Waals surface area contributed by atoms with Crippen LogP contribution >= 0.6 is 0 Å². The van der Waals surface area contributed by atoms with Gasteiger partial charge >= 0.3 is 0 Å². The van der Waals surface area contributed by atoms with Crippen LogP contribution in [0.5, 0.6) is 0 Å². The quantitative estimate of drug-likeness (QED) is 0.106. The topological polar surface area (TPSA) is 84.8 Å². The number of aromatic nitrogens is 2. The summed E-state index contributed by atoms with van der Waals surface area (Å²) in [5.74, 6) is 1.14. The van der Waals surface area contributed by atoms with Gasteiger partial charge in [0, 0.05) is 78.9 Å². The third-order valence-electron chi connectivity index (χ3n) is 20.1. The van der Waals surface area contributed by atoms with Crippen molar-refractivity contribution in [3.63, 3.8) is 0 Å². The third kappa shape index (κ3) is 11.0. The van der Waals surface area contributed by atoms with Crippen LogP contribution in [0.4, 0.5) is 34.1 Å². The molecule has 0 amide bonds. The number of anilines is 6. The van der Waals surface area contributed by atoms with Crippen LogP contribution in [0.25, 0.3) is 167 Å². The highest BCUT2D eigenvalue weighted by molar-refractivity contribution is 6.11. The van der Waals surface area contributed by atoms with Crippen LogP contribution in [0.1, 0.15) is 0 Å². The molecular weight excluding hydrogens is 1270 g/mol. The maximum absolute atomic E-state index is 6.65. The molecule has 0 radical (unpaired) electrons. The zero-order valence-electron chi connectivity index (χ0n) is 56.1. The molecule has 8 heteroatoms. The summed E-state index contributed by atoms with van der Waals surface area (Å²) in [7, 11) is 0. The minimum absolute atomic E-state index is 0.547. The second-order valence-corrected chi connectivity index (χ2v) is 26.5. The summed E-state index contributed by atoms with van der Waals surface area (Å²) < 4.78 is 26.0. The average molecular weight is 1330 g/mol. The molecule has 0 aliphatic carbocycles. The molecule has 0 aliphatic rings. The molecule has 8 nitrogen and oxygen atoms in total. The van der Waals surface area contributed by atoms with Crippen LogP contribution < -0.4 is 9.80 Å². The van der Waals surface area contributed by atoms with Gasteiger partial charge < -0.3 is 27.5 Å². The normalized spacial score (nSPS) is 11.7. The number of hydrogen-bond donors (Lipinski definition) is 0. The van der Waals surface area contributed by atoms with E-state index in [0.717, 1.165) is 156 Å². The first kappa shape index (κ1) is 59.9. The second-order valence-electron chi connectivity index (χ2n) is 26.5. The van der Waals surface area contributed by atoms with E-state index >= 15 is 0 Å². The van der Waals surface area contributed by atoms with Gasteiger partial charge in [-0.3, -0.25) is 0 Å². The summed E-state index contributed by atoms with van der Waals surface area (Å²) >= 11 is 0. The lowest BCUT2D eigenvalue weighted by Gasteiger charge is -2.26. The van der Waals surface area contributed by atoms with Crippen molar-refractivity contribution in [2.45, 2.75) is 0 Å². The molecule has 20 rings (SSSR count). The molecule has 4 aromatic heterocycles. The first-order valence-electron chi connectivity index (χ1n) is 35.0. The summed E-state index contributed by atoms with van der Waals surface area (Å²) in [6, 6.07) is 128. The van der Waals surface area contributed by atoms with E-state index in [9.17, 15) is 0 Å². The minimum Gasteiger partial charge on any atom is -0.456 e. The number of benzene rings is 16. The van der Waals surface area contributed by atoms with E-state index in [1.165, 1.54) is 27.5 Å². The molecule has 0 saturated heterocycles. The minimum atomic E-state index is 0.547. The Morgan fingerprint density at radius 1 is 0.173 bits per heavy atom. The van der Waals surface area contributed by atoms with E-state index in [0.29, 0.717) is 17.4 Å². The largest absolute Gasteiger partial charge is 0.456 e. The fraction of sp³-hybridized carbons (Fsp3) is 0. The number of nitrogens with zero attached hydrogens (tertiary/aromatic N) is 4. The molecule has 0 aliphatic heterocycles. The lowest BCUT2D eigenvalue weighted by molar-refractivity contribution is 0.619. The Morgan fingerprint density at radius 3 is 0.933 bits per heavy atom. The fourth-order valence-electron chi connectivity index (χ4n) is 14.8. The van der Waals surface area contributed by atoms with Gasteiger partial charge in [-0.15, -0.1) is 0 Å². The molecule has 0 N–H and O–H groups in total. The average Bonchev–Trinajstić information content (AvgIpc) is 1.56. The van der Waals surface area contributed by atoms with Crippen molar-refractivity contribution in [3.8, 4) is 89.7 Å². The lowest BCUT2D eigenvalue weighted by Crippen LogP contribution is -2.09. The monoisotopic (exact) mass is 1330 g/mol. The van der Waals surface area contributed by atoms with Crippen molar-refractivity contribution in [3.05, 3.63) is 364 Å². The van der Waals surface area contributed by atoms with Gasteiger partial charge in [0.15, 0.2) is 11.2 Å². The molecule has 16 aromatic carbocycles. The van der Waals surface area contributed by atoms with Gasteiger partial charge in [-0.25, -0.2) is 9.97 Å². The predicted molar refractivity (Wildman–Crippen MR) is 426 cm³/mol. The molecule has 0 bridgehead atoms. The number of rotatable bonds is 14. The Labute approximate surface area is 598 Å². The highest BCUT2D eigenvalue weighted by Crippen LogP contribution is 2.44. The van der Waals surface area contributed by atoms with E-state index in [1.807, 2.05) is 48.5 Å². The van der Waals surface area contributed by atoms with Gasteiger partial charge in [-0.05, 0) is 217 Å². The van der Waals surface area contributed by atoms with E-state index in [4.69, 9.17) is 27.6 Å². The molecular formula is C96H60N4O4. The number of fused-ring (bicyclic) bond motifs is 9. The van der Waals surface area contributed by atoms with Gasteiger partial charge in [0.05, 0.1) is 0 Å². The summed E-state index contributed by atoms with van der Waals surface area (Å²) in [4.78, 5) is 14.5. The Bertz CT molecular complexity index is 6620. The van der Waals surface area contributed by atoms with Crippen LogP contribution in [0.15, 0.2) is 382 Å². The van der Waals surface area contributed by atoms with Crippen molar-refractivity contribution in [1.29, 1.82) is 0 Å². The first-order valence-corrected chi connectivity index (χ1v) is 35.0. The molecule has 20 aromatic rings. The van der Waals surface area contributed by atoms with Crippen molar-refractivity contribution in [2.24, 2.45) is 0 Å². The molecule has 4 heterocycles. The highest BCUT2D eigenvalue weighted by atomic mass is 16.4. The highest BCUT2D eigenvalue weighted by Gasteiger charge is 2.21. The number of oxazole rings is 2. The van der Waals surface area contributed by atoms with E-state index in [-0.39, 0.29) is 0 Å². The second kappa shape index (κ2) is 25.0. The summed E-state index contributed by atoms with van der Waals surface area (Å²) in [5.41, 5.74) is 27.6. The maximum Gasteiger partial charge on any atom is 0.227 e. The standard InChI is InChI=1S/C96H60N4O4/c1-4-14-61(15-5-1)64-26-39-77(40-27-64)99(79-45-32-67(33-46-79)74-37-50-83-85-57-93-87(59-91(85)101-89(83)55-74)97-95(103-93)69-19-8-3-9-20-69)78-43-30-66(31-44-78)70-22-12-23-71(52-70)72-24-13-25-76(53-72)96-98-88-60-92-86(58-94(88)104-96)84-51-38-75(56-90(84)102-92)68-34-47-81(48-35-68)100(82-49-36-63-18-10-11-21-73(63)54-82)80-41-28-65(29-42-80)62-16-6-2-7-17-62/h1-60H. The van der Waals surface area contributed by atoms with Gasteiger partial charge in [-0.2, -0.15) is 0 Å². The smallest absolute Gasteiger partial charge is 0.227 e. The Morgan fingerprint density at radius 2 is 0.481 bits per heavy atom. The van der Waals surface area contributed by atoms with Crippen LogP contribution in [0.3, 0.4) is 0 Å². The maximum atomic E-state index is 6.65. The fourth-order valence-corrected chi connectivity index (χ4v) is 14.8. The molecule has 0 saturated carbocycles. The Balaban J connectivity index is 0.553. The van der Waals surface area contributed by atoms with Gasteiger partial charge in [-0.1, -0.05) is 212 Å². The number of hydrogen-bond acceptors (Lipinski definition) is 8. The molecule has 0 fully saturated rings. The molecule has 0 atom stereocenters. The van der Waals surface area contributed by atoms with E-state index < -0.39 is 0 Å². The third-order valence-corrected chi connectivity index (χ3v) is 20.1. The first-order chi connectivity index (χ1) is 51.4. The van der Waals surface area contributed by atoms with Gasteiger partial charge in [0.1, 0.15) is 33.4 Å². The summed E-state index contributed by atoms with van der Waals surface area (Å²) in [6.45, 7) is 0. The van der Waals surface area contributed by atoms with Crippen molar-refractivity contribution < 1.29 is 17.7 Å².